The normalized spacial score (nSPS) is 17.8. The minimum absolute atomic E-state index is 0. The number of guanidine groups is 1. The van der Waals surface area contributed by atoms with Crippen molar-refractivity contribution in [3.05, 3.63) is 35.4 Å². The minimum Gasteiger partial charge on any atom is -0.380 e. The Morgan fingerprint density at radius 1 is 1.44 bits per heavy atom. The van der Waals surface area contributed by atoms with E-state index in [1.54, 1.807) is 14.2 Å². The van der Waals surface area contributed by atoms with Crippen molar-refractivity contribution in [1.82, 2.24) is 10.2 Å². The Kier molecular flexibility index (Phi) is 9.81. The standard InChI is InChI=1S/C18H28N4O2.HI/c1-20-18(22-8-4-7-15(12-22)10-17(19)23)21-11-14-5-3-6-16(9-14)13-24-2;/h3,5-6,9,15H,4,7-8,10-13H2,1-2H3,(H2,19,23)(H,20,21);1H. The SMILES string of the molecule is CN=C(NCc1cccc(COC)c1)N1CCCC(CC(N)=O)C1.I. The van der Waals surface area contributed by atoms with Gasteiger partial charge in [-0.1, -0.05) is 24.3 Å². The van der Waals surface area contributed by atoms with Gasteiger partial charge in [-0.3, -0.25) is 9.79 Å². The van der Waals surface area contributed by atoms with Crippen molar-refractivity contribution in [1.29, 1.82) is 0 Å². The smallest absolute Gasteiger partial charge is 0.217 e. The van der Waals surface area contributed by atoms with Crippen LogP contribution in [-0.2, 0) is 22.7 Å². The first-order valence-electron chi connectivity index (χ1n) is 8.43. The fourth-order valence-electron chi connectivity index (χ4n) is 3.22. The van der Waals surface area contributed by atoms with Crippen molar-refractivity contribution in [2.45, 2.75) is 32.4 Å². The molecule has 25 heavy (non-hydrogen) atoms. The molecule has 7 heteroatoms. The van der Waals surface area contributed by atoms with Crippen molar-refractivity contribution in [3.63, 3.8) is 0 Å². The lowest BCUT2D eigenvalue weighted by atomic mass is 9.95. The lowest BCUT2D eigenvalue weighted by molar-refractivity contribution is -0.119. The number of carbonyl (C=O) groups is 1. The Morgan fingerprint density at radius 2 is 2.20 bits per heavy atom. The van der Waals surface area contributed by atoms with Crippen LogP contribution in [0.1, 0.15) is 30.4 Å². The van der Waals surface area contributed by atoms with Gasteiger partial charge in [0.15, 0.2) is 5.96 Å². The summed E-state index contributed by atoms with van der Waals surface area (Å²) < 4.78 is 5.18. The Bertz CT molecular complexity index is 580. The van der Waals surface area contributed by atoms with Crippen molar-refractivity contribution >= 4 is 35.8 Å². The van der Waals surface area contributed by atoms with Crippen LogP contribution in [0.3, 0.4) is 0 Å². The Morgan fingerprint density at radius 3 is 2.88 bits per heavy atom. The second-order valence-electron chi connectivity index (χ2n) is 6.28. The van der Waals surface area contributed by atoms with Gasteiger partial charge in [-0.2, -0.15) is 0 Å². The van der Waals surface area contributed by atoms with Gasteiger partial charge < -0.3 is 20.7 Å². The summed E-state index contributed by atoms with van der Waals surface area (Å²) in [5.74, 6) is 0.973. The summed E-state index contributed by atoms with van der Waals surface area (Å²) in [6.07, 6.45) is 2.56. The molecule has 1 atom stereocenters. The molecule has 1 amide bonds. The number of nitrogens with one attached hydrogen (secondary N) is 1. The fraction of sp³-hybridized carbons (Fsp3) is 0.556. The Balaban J connectivity index is 0.00000312. The number of aliphatic imine (C=N–C) groups is 1. The first-order chi connectivity index (χ1) is 11.6. The third-order valence-electron chi connectivity index (χ3n) is 4.27. The van der Waals surface area contributed by atoms with Crippen LogP contribution in [0.2, 0.25) is 0 Å². The maximum Gasteiger partial charge on any atom is 0.217 e. The van der Waals surface area contributed by atoms with Gasteiger partial charge in [-0.05, 0) is 29.9 Å². The molecule has 2 rings (SSSR count). The van der Waals surface area contributed by atoms with E-state index in [-0.39, 0.29) is 29.9 Å². The number of primary amides is 1. The predicted octanol–water partition coefficient (Wildman–Crippen LogP) is 2.11. The van der Waals surface area contributed by atoms with Crippen LogP contribution in [0.5, 0.6) is 0 Å². The first kappa shape index (κ1) is 21.7. The molecule has 1 saturated heterocycles. The number of halogens is 1. The van der Waals surface area contributed by atoms with Gasteiger partial charge in [0, 0.05) is 40.2 Å². The third kappa shape index (κ3) is 7.19. The second-order valence-corrected chi connectivity index (χ2v) is 6.28. The van der Waals surface area contributed by atoms with Crippen molar-refractivity contribution in [2.24, 2.45) is 16.6 Å². The summed E-state index contributed by atoms with van der Waals surface area (Å²) in [5.41, 5.74) is 7.69. The van der Waals surface area contributed by atoms with Gasteiger partial charge in [0.05, 0.1) is 6.61 Å². The average Bonchev–Trinajstić information content (AvgIpc) is 2.56. The van der Waals surface area contributed by atoms with Crippen LogP contribution >= 0.6 is 24.0 Å². The van der Waals surface area contributed by atoms with Crippen LogP contribution in [0.25, 0.3) is 0 Å². The maximum absolute atomic E-state index is 11.2. The molecule has 1 fully saturated rings. The quantitative estimate of drug-likeness (QED) is 0.387. The highest BCUT2D eigenvalue weighted by atomic mass is 127. The Labute approximate surface area is 167 Å². The molecular weight excluding hydrogens is 431 g/mol. The zero-order valence-corrected chi connectivity index (χ0v) is 17.4. The number of nitrogens with zero attached hydrogens (tertiary/aromatic N) is 2. The second kappa shape index (κ2) is 11.3. The molecule has 1 aromatic carbocycles. The molecule has 140 valence electrons. The van der Waals surface area contributed by atoms with Gasteiger partial charge >= 0.3 is 0 Å². The van der Waals surface area contributed by atoms with Gasteiger partial charge in [-0.15, -0.1) is 24.0 Å². The third-order valence-corrected chi connectivity index (χ3v) is 4.27. The number of benzene rings is 1. The predicted molar refractivity (Wildman–Crippen MR) is 111 cm³/mol. The summed E-state index contributed by atoms with van der Waals surface area (Å²) in [5, 5.41) is 3.42. The number of methoxy groups -OCH3 is 1. The topological polar surface area (TPSA) is 80.0 Å². The number of ether oxygens (including phenoxy) is 1. The molecule has 1 aliphatic rings. The van der Waals surface area contributed by atoms with E-state index in [4.69, 9.17) is 10.5 Å². The average molecular weight is 460 g/mol. The summed E-state index contributed by atoms with van der Waals surface area (Å²) in [6, 6.07) is 8.32. The van der Waals surface area contributed by atoms with E-state index in [1.807, 2.05) is 6.07 Å². The largest absolute Gasteiger partial charge is 0.380 e. The Hall–Kier alpha value is -1.35. The number of hydrogen-bond donors (Lipinski definition) is 2. The molecule has 6 nitrogen and oxygen atoms in total. The summed E-state index contributed by atoms with van der Waals surface area (Å²) in [7, 11) is 3.49. The van der Waals surface area contributed by atoms with Crippen molar-refractivity contribution < 1.29 is 9.53 Å². The highest BCUT2D eigenvalue weighted by Crippen LogP contribution is 2.19. The van der Waals surface area contributed by atoms with Crippen LogP contribution in [0, 0.1) is 5.92 Å². The zero-order chi connectivity index (χ0) is 17.4. The van der Waals surface area contributed by atoms with E-state index in [0.29, 0.717) is 25.5 Å². The van der Waals surface area contributed by atoms with Crippen LogP contribution in [0.4, 0.5) is 0 Å². The number of nitrogens with two attached hydrogens (primary N) is 1. The van der Waals surface area contributed by atoms with Gasteiger partial charge in [-0.25, -0.2) is 0 Å². The van der Waals surface area contributed by atoms with E-state index < -0.39 is 0 Å². The molecule has 1 aromatic rings. The van der Waals surface area contributed by atoms with E-state index in [2.05, 4.69) is 33.4 Å². The van der Waals surface area contributed by atoms with Crippen molar-refractivity contribution in [2.75, 3.05) is 27.2 Å². The monoisotopic (exact) mass is 460 g/mol. The number of hydrogen-bond acceptors (Lipinski definition) is 3. The molecule has 0 aliphatic carbocycles. The molecule has 1 unspecified atom stereocenters. The molecule has 3 N–H and O–H groups in total. The van der Waals surface area contributed by atoms with Gasteiger partial charge in [0.2, 0.25) is 5.91 Å². The summed E-state index contributed by atoms with van der Waals surface area (Å²) >= 11 is 0. The van der Waals surface area contributed by atoms with E-state index >= 15 is 0 Å². The first-order valence-corrected chi connectivity index (χ1v) is 8.43. The fourth-order valence-corrected chi connectivity index (χ4v) is 3.22. The molecule has 0 spiro atoms. The summed E-state index contributed by atoms with van der Waals surface area (Å²) in [4.78, 5) is 17.8. The lowest BCUT2D eigenvalue weighted by Crippen LogP contribution is -2.46. The van der Waals surface area contributed by atoms with Crippen LogP contribution < -0.4 is 11.1 Å². The highest BCUT2D eigenvalue weighted by Gasteiger charge is 2.23. The number of amides is 1. The molecule has 0 aromatic heterocycles. The lowest BCUT2D eigenvalue weighted by Gasteiger charge is -2.34. The zero-order valence-electron chi connectivity index (χ0n) is 15.0. The summed E-state index contributed by atoms with van der Waals surface area (Å²) in [6.45, 7) is 3.11. The van der Waals surface area contributed by atoms with Crippen LogP contribution in [0.15, 0.2) is 29.3 Å². The molecule has 1 heterocycles. The molecule has 0 radical (unpaired) electrons. The number of carbonyl (C=O) groups excluding carboxylic acids is 1. The minimum atomic E-state index is -0.222. The molecule has 0 saturated carbocycles. The van der Waals surface area contributed by atoms with Crippen molar-refractivity contribution in [3.8, 4) is 0 Å². The van der Waals surface area contributed by atoms with E-state index in [0.717, 1.165) is 37.5 Å². The number of likely N-dealkylation sites (tertiary alicyclic amines) is 1. The maximum atomic E-state index is 11.2. The van der Waals surface area contributed by atoms with Gasteiger partial charge in [0.1, 0.15) is 0 Å². The molecule has 0 bridgehead atoms. The number of rotatable bonds is 6. The number of piperidine rings is 1. The molecular formula is C18H29IN4O2. The van der Waals surface area contributed by atoms with E-state index in [9.17, 15) is 4.79 Å². The highest BCUT2D eigenvalue weighted by molar-refractivity contribution is 14.0. The van der Waals surface area contributed by atoms with Crippen LogP contribution in [-0.4, -0.2) is 44.0 Å². The molecule has 1 aliphatic heterocycles. The van der Waals surface area contributed by atoms with Gasteiger partial charge in [0.25, 0.3) is 0 Å². The van der Waals surface area contributed by atoms with E-state index in [1.165, 1.54) is 5.56 Å².